The van der Waals surface area contributed by atoms with Crippen molar-refractivity contribution in [3.8, 4) is 5.75 Å². The minimum absolute atomic E-state index is 0.271. The zero-order valence-corrected chi connectivity index (χ0v) is 16.6. The second-order valence-corrected chi connectivity index (χ2v) is 7.54. The molecule has 2 amide bonds. The number of fused-ring (bicyclic) bond motifs is 1. The van der Waals surface area contributed by atoms with Crippen molar-refractivity contribution in [1.29, 1.82) is 0 Å². The van der Waals surface area contributed by atoms with Gasteiger partial charge in [0, 0.05) is 4.88 Å². The van der Waals surface area contributed by atoms with Gasteiger partial charge in [-0.25, -0.2) is 14.5 Å². The quantitative estimate of drug-likeness (QED) is 0.773. The number of ether oxygens (including phenoxy) is 2. The van der Waals surface area contributed by atoms with Crippen LogP contribution in [0.1, 0.15) is 46.1 Å². The van der Waals surface area contributed by atoms with Gasteiger partial charge in [-0.3, -0.25) is 0 Å². The van der Waals surface area contributed by atoms with Crippen LogP contribution in [-0.4, -0.2) is 25.7 Å². The number of hydrogen-bond acceptors (Lipinski definition) is 5. The van der Waals surface area contributed by atoms with Crippen LogP contribution in [0.2, 0.25) is 0 Å². The Balaban J connectivity index is 2.23. The van der Waals surface area contributed by atoms with E-state index in [1.165, 1.54) is 16.2 Å². The van der Waals surface area contributed by atoms with E-state index in [0.717, 1.165) is 41.7 Å². The first-order chi connectivity index (χ1) is 13.0. The molecule has 27 heavy (non-hydrogen) atoms. The molecule has 2 aromatic rings. The maximum absolute atomic E-state index is 12.8. The number of esters is 1. The number of thiophene rings is 1. The maximum atomic E-state index is 12.8. The summed E-state index contributed by atoms with van der Waals surface area (Å²) in [5, 5.41) is 0.511. The standard InChI is InChI=1S/C20H24N2O4S/c1-4-26-19(23)17-13-7-5-6-8-16(13)27-18(17)22(20(21)24)14-11-12(2)9-10-15(14)25-3/h9-11H,4-8H2,1-3H3,(H2,21,24). The van der Waals surface area contributed by atoms with Crippen LogP contribution in [0.15, 0.2) is 18.2 Å². The zero-order chi connectivity index (χ0) is 19.6. The summed E-state index contributed by atoms with van der Waals surface area (Å²) in [6.07, 6.45) is 3.78. The van der Waals surface area contributed by atoms with Gasteiger partial charge in [0.05, 0.1) is 25.0 Å². The Morgan fingerprint density at radius 1 is 1.26 bits per heavy atom. The molecule has 0 bridgehead atoms. The smallest absolute Gasteiger partial charge is 0.341 e. The second kappa shape index (κ2) is 8.00. The van der Waals surface area contributed by atoms with Gasteiger partial charge < -0.3 is 15.2 Å². The first-order valence-electron chi connectivity index (χ1n) is 9.03. The van der Waals surface area contributed by atoms with Crippen molar-refractivity contribution >= 4 is 34.0 Å². The Kier molecular flexibility index (Phi) is 5.70. The molecule has 1 aromatic heterocycles. The summed E-state index contributed by atoms with van der Waals surface area (Å²) in [6.45, 7) is 3.97. The molecule has 1 aliphatic rings. The Morgan fingerprint density at radius 3 is 2.67 bits per heavy atom. The van der Waals surface area contributed by atoms with Crippen molar-refractivity contribution in [2.75, 3.05) is 18.6 Å². The fraction of sp³-hybridized carbons (Fsp3) is 0.400. The van der Waals surface area contributed by atoms with Gasteiger partial charge >= 0.3 is 12.0 Å². The van der Waals surface area contributed by atoms with Crippen molar-refractivity contribution in [2.24, 2.45) is 5.73 Å². The lowest BCUT2D eigenvalue weighted by atomic mass is 9.95. The molecule has 0 saturated heterocycles. The Morgan fingerprint density at radius 2 is 2.00 bits per heavy atom. The highest BCUT2D eigenvalue weighted by atomic mass is 32.1. The molecule has 0 atom stereocenters. The molecule has 0 radical (unpaired) electrons. The maximum Gasteiger partial charge on any atom is 0.341 e. The van der Waals surface area contributed by atoms with E-state index in [2.05, 4.69) is 0 Å². The molecule has 1 heterocycles. The van der Waals surface area contributed by atoms with Gasteiger partial charge in [-0.2, -0.15) is 0 Å². The van der Waals surface area contributed by atoms with Crippen molar-refractivity contribution in [1.82, 2.24) is 0 Å². The molecular weight excluding hydrogens is 364 g/mol. The summed E-state index contributed by atoms with van der Waals surface area (Å²) >= 11 is 1.44. The molecule has 0 spiro atoms. The topological polar surface area (TPSA) is 81.9 Å². The van der Waals surface area contributed by atoms with Crippen LogP contribution in [0, 0.1) is 6.92 Å². The molecule has 0 saturated carbocycles. The van der Waals surface area contributed by atoms with E-state index in [4.69, 9.17) is 15.2 Å². The number of carbonyl (C=O) groups excluding carboxylic acids is 2. The Bertz CT molecular complexity index is 875. The number of rotatable bonds is 5. The summed E-state index contributed by atoms with van der Waals surface area (Å²) in [6, 6.07) is 4.85. The first-order valence-corrected chi connectivity index (χ1v) is 9.85. The number of methoxy groups -OCH3 is 1. The monoisotopic (exact) mass is 388 g/mol. The third-order valence-electron chi connectivity index (χ3n) is 4.63. The highest BCUT2D eigenvalue weighted by molar-refractivity contribution is 7.17. The van der Waals surface area contributed by atoms with E-state index in [-0.39, 0.29) is 6.61 Å². The van der Waals surface area contributed by atoms with Gasteiger partial charge in [-0.05, 0) is 62.8 Å². The van der Waals surface area contributed by atoms with Crippen LogP contribution in [-0.2, 0) is 17.6 Å². The van der Waals surface area contributed by atoms with Crippen LogP contribution in [0.5, 0.6) is 5.75 Å². The van der Waals surface area contributed by atoms with E-state index in [1.807, 2.05) is 19.1 Å². The molecule has 2 N–H and O–H groups in total. The summed E-state index contributed by atoms with van der Waals surface area (Å²) < 4.78 is 10.7. The number of amides is 2. The number of primary amides is 1. The van der Waals surface area contributed by atoms with E-state index < -0.39 is 12.0 Å². The predicted molar refractivity (Wildman–Crippen MR) is 106 cm³/mol. The molecule has 0 aliphatic heterocycles. The normalized spacial score (nSPS) is 13.0. The number of nitrogens with zero attached hydrogens (tertiary/aromatic N) is 1. The summed E-state index contributed by atoms with van der Waals surface area (Å²) in [5.74, 6) is 0.102. The summed E-state index contributed by atoms with van der Waals surface area (Å²) in [4.78, 5) is 27.7. The molecule has 6 nitrogen and oxygen atoms in total. The third kappa shape index (κ3) is 3.64. The number of urea groups is 1. The number of anilines is 2. The zero-order valence-electron chi connectivity index (χ0n) is 15.8. The van der Waals surface area contributed by atoms with Gasteiger partial charge in [0.2, 0.25) is 0 Å². The lowest BCUT2D eigenvalue weighted by Gasteiger charge is -2.23. The molecule has 0 fully saturated rings. The predicted octanol–water partition coefficient (Wildman–Crippen LogP) is 4.34. The van der Waals surface area contributed by atoms with Crippen molar-refractivity contribution in [2.45, 2.75) is 39.5 Å². The summed E-state index contributed by atoms with van der Waals surface area (Å²) in [5.41, 5.74) is 8.68. The number of aryl methyl sites for hydroxylation is 2. The van der Waals surface area contributed by atoms with Gasteiger partial charge in [-0.15, -0.1) is 11.3 Å². The average molecular weight is 388 g/mol. The molecule has 3 rings (SSSR count). The van der Waals surface area contributed by atoms with Gasteiger partial charge in [0.25, 0.3) is 0 Å². The molecule has 0 unspecified atom stereocenters. The lowest BCUT2D eigenvalue weighted by Crippen LogP contribution is -2.32. The SMILES string of the molecule is CCOC(=O)c1c(N(C(N)=O)c2cc(C)ccc2OC)sc2c1CCCC2. The Hall–Kier alpha value is -2.54. The minimum Gasteiger partial charge on any atom is -0.495 e. The van der Waals surface area contributed by atoms with E-state index >= 15 is 0 Å². The van der Waals surface area contributed by atoms with E-state index in [1.54, 1.807) is 20.1 Å². The van der Waals surface area contributed by atoms with Crippen LogP contribution in [0.4, 0.5) is 15.5 Å². The molecule has 144 valence electrons. The first kappa shape index (κ1) is 19.2. The van der Waals surface area contributed by atoms with Crippen LogP contribution >= 0.6 is 11.3 Å². The lowest BCUT2D eigenvalue weighted by molar-refractivity contribution is 0.0526. The highest BCUT2D eigenvalue weighted by Crippen LogP contribution is 2.45. The fourth-order valence-electron chi connectivity index (χ4n) is 3.43. The van der Waals surface area contributed by atoms with E-state index in [0.29, 0.717) is 22.0 Å². The van der Waals surface area contributed by atoms with Crippen LogP contribution in [0.3, 0.4) is 0 Å². The number of carbonyl (C=O) groups is 2. The van der Waals surface area contributed by atoms with E-state index in [9.17, 15) is 9.59 Å². The number of nitrogens with two attached hydrogens (primary N) is 1. The average Bonchev–Trinajstić information content (AvgIpc) is 3.01. The largest absolute Gasteiger partial charge is 0.495 e. The molecule has 1 aromatic carbocycles. The highest BCUT2D eigenvalue weighted by Gasteiger charge is 2.32. The molecule has 1 aliphatic carbocycles. The molecule has 7 heteroatoms. The minimum atomic E-state index is -0.664. The number of hydrogen-bond donors (Lipinski definition) is 1. The van der Waals surface area contributed by atoms with Crippen molar-refractivity contribution in [3.05, 3.63) is 39.8 Å². The van der Waals surface area contributed by atoms with Crippen molar-refractivity contribution < 1.29 is 19.1 Å². The third-order valence-corrected chi connectivity index (χ3v) is 5.91. The second-order valence-electron chi connectivity index (χ2n) is 6.46. The Labute approximate surface area is 162 Å². The molecular formula is C20H24N2O4S. The van der Waals surface area contributed by atoms with Crippen molar-refractivity contribution in [3.63, 3.8) is 0 Å². The summed E-state index contributed by atoms with van der Waals surface area (Å²) in [7, 11) is 1.54. The van der Waals surface area contributed by atoms with Gasteiger partial charge in [0.15, 0.2) is 0 Å². The fourth-order valence-corrected chi connectivity index (χ4v) is 4.82. The van der Waals surface area contributed by atoms with Crippen LogP contribution in [0.25, 0.3) is 0 Å². The van der Waals surface area contributed by atoms with Crippen LogP contribution < -0.4 is 15.4 Å². The number of benzene rings is 1. The van der Waals surface area contributed by atoms with Gasteiger partial charge in [0.1, 0.15) is 10.8 Å². The van der Waals surface area contributed by atoms with Gasteiger partial charge in [-0.1, -0.05) is 6.07 Å².